The normalized spacial score (nSPS) is 19.9. The summed E-state index contributed by atoms with van der Waals surface area (Å²) in [6.45, 7) is 4.81. The minimum Gasteiger partial charge on any atom is -0.337 e. The van der Waals surface area contributed by atoms with Crippen LogP contribution in [-0.4, -0.2) is 56.7 Å². The van der Waals surface area contributed by atoms with Crippen LogP contribution in [0.2, 0.25) is 0 Å². The molecule has 1 aliphatic heterocycles. The molecule has 1 saturated heterocycles. The fourth-order valence-corrected chi connectivity index (χ4v) is 2.03. The first-order chi connectivity index (χ1) is 7.81. The molecule has 1 unspecified atom stereocenters. The van der Waals surface area contributed by atoms with Crippen LogP contribution in [-0.2, 0) is 11.3 Å². The van der Waals surface area contributed by atoms with Gasteiger partial charge in [0.25, 0.3) is 0 Å². The summed E-state index contributed by atoms with van der Waals surface area (Å²) >= 11 is 0. The molecule has 0 bridgehead atoms. The smallest absolute Gasteiger partial charge is 0.244 e. The number of aromatic nitrogens is 4. The molecular formula is C9H16N6O. The molecule has 1 aromatic rings. The van der Waals surface area contributed by atoms with Gasteiger partial charge >= 0.3 is 0 Å². The number of nitrogens with zero attached hydrogens (tertiary/aromatic N) is 5. The van der Waals surface area contributed by atoms with E-state index in [1.165, 1.54) is 11.0 Å². The third-order valence-corrected chi connectivity index (χ3v) is 2.82. The van der Waals surface area contributed by atoms with Gasteiger partial charge in [-0.05, 0) is 30.3 Å². The molecule has 0 radical (unpaired) electrons. The molecule has 1 fully saturated rings. The van der Waals surface area contributed by atoms with Crippen molar-refractivity contribution >= 4 is 5.91 Å². The van der Waals surface area contributed by atoms with Crippen LogP contribution in [0.15, 0.2) is 6.33 Å². The summed E-state index contributed by atoms with van der Waals surface area (Å²) in [5, 5.41) is 14.0. The Hall–Kier alpha value is -1.50. The van der Waals surface area contributed by atoms with Gasteiger partial charge in [0.15, 0.2) is 0 Å². The van der Waals surface area contributed by atoms with Gasteiger partial charge in [-0.3, -0.25) is 4.79 Å². The van der Waals surface area contributed by atoms with Gasteiger partial charge in [0, 0.05) is 19.1 Å². The van der Waals surface area contributed by atoms with Crippen molar-refractivity contribution in [1.82, 2.24) is 30.4 Å². The molecule has 1 N–H and O–H groups in total. The minimum absolute atomic E-state index is 0.0727. The van der Waals surface area contributed by atoms with Gasteiger partial charge in [-0.2, -0.15) is 0 Å². The Labute approximate surface area is 93.8 Å². The van der Waals surface area contributed by atoms with E-state index in [0.29, 0.717) is 6.04 Å². The number of carbonyl (C=O) groups is 1. The van der Waals surface area contributed by atoms with Crippen molar-refractivity contribution in [2.24, 2.45) is 0 Å². The number of amides is 1. The second kappa shape index (κ2) is 5.02. The van der Waals surface area contributed by atoms with E-state index >= 15 is 0 Å². The van der Waals surface area contributed by atoms with Crippen LogP contribution in [0.3, 0.4) is 0 Å². The second-order valence-corrected chi connectivity index (χ2v) is 3.83. The van der Waals surface area contributed by atoms with E-state index in [0.717, 1.165) is 26.1 Å². The monoisotopic (exact) mass is 224 g/mol. The standard InChI is InChI=1S/C9H16N6O/c1-2-15(8-3-4-10-5-8)9(16)6-14-7-11-12-13-14/h7-8,10H,2-6H2,1H3. The Bertz CT molecular complexity index is 332. The van der Waals surface area contributed by atoms with E-state index in [1.807, 2.05) is 11.8 Å². The molecule has 16 heavy (non-hydrogen) atoms. The van der Waals surface area contributed by atoms with Gasteiger partial charge < -0.3 is 10.2 Å². The molecular weight excluding hydrogens is 208 g/mol. The molecule has 0 aromatic carbocycles. The molecule has 2 rings (SSSR count). The molecule has 0 aliphatic carbocycles. The molecule has 0 spiro atoms. The van der Waals surface area contributed by atoms with Crippen molar-refractivity contribution in [3.8, 4) is 0 Å². The number of nitrogens with one attached hydrogen (secondary N) is 1. The van der Waals surface area contributed by atoms with Crippen molar-refractivity contribution < 1.29 is 4.79 Å². The number of carbonyl (C=O) groups excluding carboxylic acids is 1. The van der Waals surface area contributed by atoms with Crippen LogP contribution in [0.5, 0.6) is 0 Å². The maximum absolute atomic E-state index is 12.0. The van der Waals surface area contributed by atoms with Gasteiger partial charge in [0.05, 0.1) is 0 Å². The summed E-state index contributed by atoms with van der Waals surface area (Å²) in [5.74, 6) is 0.0727. The number of likely N-dealkylation sites (N-methyl/N-ethyl adjacent to an activating group) is 1. The van der Waals surface area contributed by atoms with E-state index in [-0.39, 0.29) is 12.5 Å². The maximum Gasteiger partial charge on any atom is 0.244 e. The predicted octanol–water partition coefficient (Wildman–Crippen LogP) is -1.12. The van der Waals surface area contributed by atoms with Gasteiger partial charge in [-0.1, -0.05) is 0 Å². The minimum atomic E-state index is 0.0727. The SMILES string of the molecule is CCN(C(=O)Cn1cnnn1)C1CCNC1. The highest BCUT2D eigenvalue weighted by molar-refractivity contribution is 5.76. The van der Waals surface area contributed by atoms with Crippen molar-refractivity contribution in [2.75, 3.05) is 19.6 Å². The third kappa shape index (κ3) is 2.35. The zero-order valence-corrected chi connectivity index (χ0v) is 9.33. The third-order valence-electron chi connectivity index (χ3n) is 2.82. The largest absolute Gasteiger partial charge is 0.337 e. The van der Waals surface area contributed by atoms with E-state index in [9.17, 15) is 4.79 Å². The Kier molecular flexibility index (Phi) is 3.45. The summed E-state index contributed by atoms with van der Waals surface area (Å²) in [4.78, 5) is 13.9. The molecule has 1 aliphatic rings. The molecule has 7 heteroatoms. The van der Waals surface area contributed by atoms with Crippen molar-refractivity contribution in [3.63, 3.8) is 0 Å². The van der Waals surface area contributed by atoms with Gasteiger partial charge in [-0.25, -0.2) is 4.68 Å². The summed E-state index contributed by atoms with van der Waals surface area (Å²) in [6, 6.07) is 0.314. The second-order valence-electron chi connectivity index (χ2n) is 3.83. The van der Waals surface area contributed by atoms with E-state index in [1.54, 1.807) is 0 Å². The Morgan fingerprint density at radius 3 is 3.12 bits per heavy atom. The Morgan fingerprint density at radius 1 is 1.69 bits per heavy atom. The predicted molar refractivity (Wildman–Crippen MR) is 56.5 cm³/mol. The average Bonchev–Trinajstić information content (AvgIpc) is 2.91. The number of rotatable bonds is 4. The van der Waals surface area contributed by atoms with E-state index in [4.69, 9.17) is 0 Å². The summed E-state index contributed by atoms with van der Waals surface area (Å²) in [5.41, 5.74) is 0. The van der Waals surface area contributed by atoms with Crippen LogP contribution in [0.4, 0.5) is 0 Å². The maximum atomic E-state index is 12.0. The molecule has 7 nitrogen and oxygen atoms in total. The van der Waals surface area contributed by atoms with Gasteiger partial charge in [-0.15, -0.1) is 5.10 Å². The fraction of sp³-hybridized carbons (Fsp3) is 0.778. The van der Waals surface area contributed by atoms with Crippen LogP contribution in [0.25, 0.3) is 0 Å². The van der Waals surface area contributed by atoms with E-state index < -0.39 is 0 Å². The highest BCUT2D eigenvalue weighted by Crippen LogP contribution is 2.08. The van der Waals surface area contributed by atoms with Gasteiger partial charge in [0.2, 0.25) is 5.91 Å². The van der Waals surface area contributed by atoms with Crippen LogP contribution in [0, 0.1) is 0 Å². The molecule has 2 heterocycles. The van der Waals surface area contributed by atoms with Crippen molar-refractivity contribution in [3.05, 3.63) is 6.33 Å². The fourth-order valence-electron chi connectivity index (χ4n) is 2.03. The molecule has 1 amide bonds. The first-order valence-corrected chi connectivity index (χ1v) is 5.52. The highest BCUT2D eigenvalue weighted by atomic mass is 16.2. The zero-order valence-electron chi connectivity index (χ0n) is 9.33. The van der Waals surface area contributed by atoms with Crippen molar-refractivity contribution in [2.45, 2.75) is 25.9 Å². The topological polar surface area (TPSA) is 75.9 Å². The quantitative estimate of drug-likeness (QED) is 0.701. The summed E-state index contributed by atoms with van der Waals surface area (Å²) in [7, 11) is 0. The first-order valence-electron chi connectivity index (χ1n) is 5.52. The van der Waals surface area contributed by atoms with Crippen LogP contribution < -0.4 is 5.32 Å². The highest BCUT2D eigenvalue weighted by Gasteiger charge is 2.25. The molecule has 1 aromatic heterocycles. The zero-order chi connectivity index (χ0) is 11.4. The van der Waals surface area contributed by atoms with Crippen LogP contribution >= 0.6 is 0 Å². The number of hydrogen-bond acceptors (Lipinski definition) is 5. The van der Waals surface area contributed by atoms with Gasteiger partial charge in [0.1, 0.15) is 12.9 Å². The lowest BCUT2D eigenvalue weighted by Gasteiger charge is -2.26. The molecule has 1 atom stereocenters. The number of hydrogen-bond donors (Lipinski definition) is 1. The summed E-state index contributed by atoms with van der Waals surface area (Å²) < 4.78 is 1.45. The Morgan fingerprint density at radius 2 is 2.56 bits per heavy atom. The first kappa shape index (κ1) is 11.0. The van der Waals surface area contributed by atoms with Crippen molar-refractivity contribution in [1.29, 1.82) is 0 Å². The molecule has 88 valence electrons. The molecule has 0 saturated carbocycles. The van der Waals surface area contributed by atoms with Crippen LogP contribution in [0.1, 0.15) is 13.3 Å². The summed E-state index contributed by atoms with van der Waals surface area (Å²) in [6.07, 6.45) is 2.48. The Balaban J connectivity index is 1.95. The lowest BCUT2D eigenvalue weighted by Crippen LogP contribution is -2.43. The van der Waals surface area contributed by atoms with E-state index in [2.05, 4.69) is 20.8 Å². The lowest BCUT2D eigenvalue weighted by atomic mass is 10.2. The average molecular weight is 224 g/mol. The number of tetrazole rings is 1. The lowest BCUT2D eigenvalue weighted by molar-refractivity contribution is -0.133.